The highest BCUT2D eigenvalue weighted by Gasteiger charge is 2.17. The molecular weight excluding hydrogens is 687 g/mol. The van der Waals surface area contributed by atoms with Crippen molar-refractivity contribution in [2.75, 3.05) is 24.6 Å². The van der Waals surface area contributed by atoms with E-state index >= 15 is 0 Å². The second-order valence-corrected chi connectivity index (χ2v) is 17.9. The van der Waals surface area contributed by atoms with Crippen molar-refractivity contribution in [1.29, 1.82) is 0 Å². The number of benzene rings is 3. The Morgan fingerprint density at radius 2 is 1.23 bits per heavy atom. The van der Waals surface area contributed by atoms with Crippen LogP contribution in [0.4, 0.5) is 28.4 Å². The van der Waals surface area contributed by atoms with Crippen molar-refractivity contribution in [3.63, 3.8) is 0 Å². The lowest BCUT2D eigenvalue weighted by molar-refractivity contribution is 0.241. The van der Waals surface area contributed by atoms with Gasteiger partial charge in [0.2, 0.25) is 0 Å². The molecule has 3 aromatic rings. The lowest BCUT2D eigenvalue weighted by Gasteiger charge is -2.30. The summed E-state index contributed by atoms with van der Waals surface area (Å²) in [5.74, 6) is 1.96. The van der Waals surface area contributed by atoms with Gasteiger partial charge in [0.1, 0.15) is 11.4 Å². The number of hydrogen-bond donors (Lipinski definition) is 0. The molecule has 0 fully saturated rings. The van der Waals surface area contributed by atoms with E-state index in [2.05, 4.69) is 108 Å². The van der Waals surface area contributed by atoms with Gasteiger partial charge in [0.05, 0.1) is 23.7 Å². The van der Waals surface area contributed by atoms with Crippen LogP contribution in [0, 0.1) is 38.0 Å². The van der Waals surface area contributed by atoms with Crippen LogP contribution in [-0.4, -0.2) is 19.7 Å². The molecule has 0 spiro atoms. The fourth-order valence-corrected chi connectivity index (χ4v) is 7.61. The summed E-state index contributed by atoms with van der Waals surface area (Å²) < 4.78 is 6.46. The number of ether oxygens (including phenoxy) is 1. The van der Waals surface area contributed by atoms with Gasteiger partial charge in [-0.25, -0.2) is 0 Å². The van der Waals surface area contributed by atoms with Gasteiger partial charge in [0, 0.05) is 24.8 Å². The summed E-state index contributed by atoms with van der Waals surface area (Å²) in [6.45, 7) is 25.3. The van der Waals surface area contributed by atoms with Crippen molar-refractivity contribution in [3.8, 4) is 5.75 Å². The molecule has 2 atom stereocenters. The van der Waals surface area contributed by atoms with E-state index in [-0.39, 0.29) is 5.41 Å². The van der Waals surface area contributed by atoms with Gasteiger partial charge in [-0.3, -0.25) is 0 Å². The number of hydrogen-bond acceptors (Lipinski definition) is 6. The highest BCUT2D eigenvalue weighted by Crippen LogP contribution is 2.38. The van der Waals surface area contributed by atoms with Crippen molar-refractivity contribution in [2.45, 2.75) is 172 Å². The molecule has 0 saturated carbocycles. The summed E-state index contributed by atoms with van der Waals surface area (Å²) in [4.78, 5) is 2.66. The molecule has 0 heterocycles. The first-order valence-corrected chi connectivity index (χ1v) is 22.5. The molecule has 310 valence electrons. The molecule has 6 nitrogen and oxygen atoms in total. The van der Waals surface area contributed by atoms with E-state index in [4.69, 9.17) is 15.0 Å². The zero-order chi connectivity index (χ0) is 40.8. The molecule has 56 heavy (non-hydrogen) atoms. The third-order valence-electron chi connectivity index (χ3n) is 11.0. The second-order valence-electron chi connectivity index (χ2n) is 17.9. The molecular formula is C50H79N5O. The normalized spacial score (nSPS) is 13.2. The number of nitrogens with zero attached hydrogens (tertiary/aromatic N) is 5. The Labute approximate surface area is 343 Å². The summed E-state index contributed by atoms with van der Waals surface area (Å²) in [7, 11) is 0. The van der Waals surface area contributed by atoms with Crippen LogP contribution in [0.2, 0.25) is 0 Å². The maximum atomic E-state index is 6.46. The molecule has 0 bridgehead atoms. The minimum Gasteiger partial charge on any atom is -0.491 e. The highest BCUT2D eigenvalue weighted by atomic mass is 16.5. The van der Waals surface area contributed by atoms with E-state index in [1.165, 1.54) is 101 Å². The minimum atomic E-state index is 0.288. The van der Waals surface area contributed by atoms with Crippen LogP contribution in [-0.2, 0) is 0 Å². The molecule has 6 heteroatoms. The molecule has 2 unspecified atom stereocenters. The van der Waals surface area contributed by atoms with Crippen LogP contribution >= 0.6 is 0 Å². The van der Waals surface area contributed by atoms with Gasteiger partial charge in [-0.05, 0) is 111 Å². The molecule has 0 aliphatic carbocycles. The first-order chi connectivity index (χ1) is 26.9. The lowest BCUT2D eigenvalue weighted by atomic mass is 9.84. The maximum absolute atomic E-state index is 6.46. The molecule has 0 saturated heterocycles. The maximum Gasteiger partial charge on any atom is 0.149 e. The third-order valence-corrected chi connectivity index (χ3v) is 11.0. The number of azo groups is 2. The Bertz CT molecular complexity index is 1590. The van der Waals surface area contributed by atoms with E-state index in [1.54, 1.807) is 0 Å². The monoisotopic (exact) mass is 766 g/mol. The van der Waals surface area contributed by atoms with Gasteiger partial charge in [0.25, 0.3) is 0 Å². The smallest absolute Gasteiger partial charge is 0.149 e. The van der Waals surface area contributed by atoms with Crippen molar-refractivity contribution < 1.29 is 4.74 Å². The second kappa shape index (κ2) is 25.7. The summed E-state index contributed by atoms with van der Waals surface area (Å²) in [5, 5.41) is 18.8. The van der Waals surface area contributed by atoms with Crippen molar-refractivity contribution in [2.24, 2.45) is 37.7 Å². The van der Waals surface area contributed by atoms with Gasteiger partial charge >= 0.3 is 0 Å². The Morgan fingerprint density at radius 3 is 1.86 bits per heavy atom. The van der Waals surface area contributed by atoms with Crippen LogP contribution in [0.25, 0.3) is 0 Å². The Morgan fingerprint density at radius 1 is 0.625 bits per heavy atom. The third kappa shape index (κ3) is 18.2. The van der Waals surface area contributed by atoms with Gasteiger partial charge < -0.3 is 9.64 Å². The average molecular weight is 766 g/mol. The average Bonchev–Trinajstić information content (AvgIpc) is 3.16. The first-order valence-electron chi connectivity index (χ1n) is 22.5. The predicted molar refractivity (Wildman–Crippen MR) is 243 cm³/mol. The predicted octanol–water partition coefficient (Wildman–Crippen LogP) is 17.2. The molecule has 0 amide bonds. The standard InChI is InChI=1S/C50H79N5O/c1-11-14-16-17-18-19-20-21-22-23-32-55(38-43(13-3)24-15-12-2)45-29-30-46(41(6)34-45)52-54-48-35-42(7)47(53-51-44-27-25-39(4)26-28-44)36-49(48)56-33-31-40(5)37-50(8,9)10/h25-30,34-36,40,43H,11-24,31-33,37-38H2,1-10H3/b53-51+,54-52+. The van der Waals surface area contributed by atoms with Crippen molar-refractivity contribution >= 4 is 28.4 Å². The fourth-order valence-electron chi connectivity index (χ4n) is 7.61. The summed E-state index contributed by atoms with van der Waals surface area (Å²) >= 11 is 0. The van der Waals surface area contributed by atoms with Gasteiger partial charge in [-0.15, -0.1) is 5.11 Å². The molecule has 0 aromatic heterocycles. The first kappa shape index (κ1) is 46.8. The summed E-state index contributed by atoms with van der Waals surface area (Å²) in [6, 6.07) is 18.8. The number of aryl methyl sites for hydroxylation is 3. The molecule has 0 aliphatic rings. The number of anilines is 1. The SMILES string of the molecule is CCCCCCCCCCCCN(CC(CC)CCCC)c1ccc(/N=N/c2cc(C)c(/N=N/c3ccc(C)cc3)cc2OCCC(C)CC(C)(C)C)c(C)c1. The summed E-state index contributed by atoms with van der Waals surface area (Å²) in [6.07, 6.45) is 20.8. The Kier molecular flexibility index (Phi) is 21.5. The Balaban J connectivity index is 1.79. The van der Waals surface area contributed by atoms with E-state index in [1.807, 2.05) is 31.2 Å². The molecule has 3 rings (SSSR count). The van der Waals surface area contributed by atoms with Crippen LogP contribution in [0.3, 0.4) is 0 Å². The van der Waals surface area contributed by atoms with Crippen LogP contribution in [0.1, 0.15) is 168 Å². The molecule has 0 aliphatic heterocycles. The van der Waals surface area contributed by atoms with Crippen LogP contribution < -0.4 is 9.64 Å². The van der Waals surface area contributed by atoms with Gasteiger partial charge in [-0.1, -0.05) is 143 Å². The van der Waals surface area contributed by atoms with E-state index in [0.717, 1.165) is 60.0 Å². The van der Waals surface area contributed by atoms with Crippen LogP contribution in [0.15, 0.2) is 75.1 Å². The van der Waals surface area contributed by atoms with Gasteiger partial charge in [0.15, 0.2) is 0 Å². The number of unbranched alkanes of at least 4 members (excludes halogenated alkanes) is 10. The minimum absolute atomic E-state index is 0.288. The zero-order valence-corrected chi connectivity index (χ0v) is 37.4. The number of rotatable bonds is 27. The van der Waals surface area contributed by atoms with Gasteiger partial charge in [-0.2, -0.15) is 15.3 Å². The van der Waals surface area contributed by atoms with E-state index in [9.17, 15) is 0 Å². The highest BCUT2D eigenvalue weighted by molar-refractivity contribution is 5.64. The molecule has 0 radical (unpaired) electrons. The molecule has 3 aromatic carbocycles. The quantitative estimate of drug-likeness (QED) is 0.0573. The Hall–Kier alpha value is -3.54. The van der Waals surface area contributed by atoms with Crippen molar-refractivity contribution in [3.05, 3.63) is 71.3 Å². The topological polar surface area (TPSA) is 61.9 Å². The van der Waals surface area contributed by atoms with E-state index < -0.39 is 0 Å². The summed E-state index contributed by atoms with van der Waals surface area (Å²) in [5.41, 5.74) is 8.11. The fraction of sp³-hybridized carbons (Fsp3) is 0.640. The lowest BCUT2D eigenvalue weighted by Crippen LogP contribution is -2.30. The zero-order valence-electron chi connectivity index (χ0n) is 37.4. The van der Waals surface area contributed by atoms with Crippen molar-refractivity contribution in [1.82, 2.24) is 0 Å². The largest absolute Gasteiger partial charge is 0.491 e. The van der Waals surface area contributed by atoms with E-state index in [0.29, 0.717) is 24.0 Å². The molecule has 0 N–H and O–H groups in total. The van der Waals surface area contributed by atoms with Crippen LogP contribution in [0.5, 0.6) is 5.75 Å².